The van der Waals surface area contributed by atoms with Gasteiger partial charge in [-0.05, 0) is 29.8 Å². The fraction of sp³-hybridized carbons (Fsp3) is 0.133. The molecule has 0 fully saturated rings. The Hall–Kier alpha value is -1.94. The first-order valence-electron chi connectivity index (χ1n) is 5.99. The highest BCUT2D eigenvalue weighted by atomic mass is 35.5. The minimum atomic E-state index is -0.588. The van der Waals surface area contributed by atoms with E-state index in [1.807, 2.05) is 0 Å². The Morgan fingerprint density at radius 2 is 1.95 bits per heavy atom. The molecule has 0 aromatic heterocycles. The molecule has 0 aliphatic carbocycles. The minimum Gasteiger partial charge on any atom is -0.484 e. The zero-order chi connectivity index (χ0) is 14.3. The van der Waals surface area contributed by atoms with Gasteiger partial charge in [0.05, 0.1) is 17.0 Å². The average Bonchev–Trinajstić information content (AvgIpc) is 2.41. The van der Waals surface area contributed by atoms with Crippen LogP contribution in [0.2, 0.25) is 5.02 Å². The summed E-state index contributed by atoms with van der Waals surface area (Å²) in [7, 11) is 0. The van der Waals surface area contributed by atoms with E-state index in [0.717, 1.165) is 0 Å². The third kappa shape index (κ3) is 2.27. The van der Waals surface area contributed by atoms with Gasteiger partial charge in [-0.3, -0.25) is 4.79 Å². The molecule has 1 unspecified atom stereocenters. The Kier molecular flexibility index (Phi) is 3.18. The summed E-state index contributed by atoms with van der Waals surface area (Å²) in [6.07, 6.45) is -0.476. The number of carbonyl (C=O) groups excluding carboxylic acids is 1. The van der Waals surface area contributed by atoms with Crippen molar-refractivity contribution < 1.29 is 18.3 Å². The maximum absolute atomic E-state index is 13.2. The Morgan fingerprint density at radius 1 is 1.15 bits per heavy atom. The van der Waals surface area contributed by atoms with Gasteiger partial charge in [-0.2, -0.15) is 0 Å². The van der Waals surface area contributed by atoms with Gasteiger partial charge in [-0.15, -0.1) is 0 Å². The van der Waals surface area contributed by atoms with Crippen LogP contribution in [-0.2, 0) is 0 Å². The summed E-state index contributed by atoms with van der Waals surface area (Å²) in [6, 6.07) is 7.93. The lowest BCUT2D eigenvalue weighted by molar-refractivity contribution is 0.0849. The molecule has 0 saturated carbocycles. The number of Topliss-reactive ketones (excluding diaryl/α,β-unsaturated/α-hetero) is 1. The third-order valence-electron chi connectivity index (χ3n) is 3.20. The fourth-order valence-electron chi connectivity index (χ4n) is 2.20. The summed E-state index contributed by atoms with van der Waals surface area (Å²) < 4.78 is 32.0. The van der Waals surface area contributed by atoms with E-state index in [4.69, 9.17) is 16.3 Å². The number of rotatable bonds is 1. The van der Waals surface area contributed by atoms with Crippen LogP contribution in [0, 0.1) is 11.6 Å². The summed E-state index contributed by atoms with van der Waals surface area (Å²) in [5, 5.41) is -0.0383. The van der Waals surface area contributed by atoms with Gasteiger partial charge in [0.1, 0.15) is 23.5 Å². The SMILES string of the molecule is O=C1CC(c2ccc(F)c(Cl)c2)Oc2cc(F)ccc21. The lowest BCUT2D eigenvalue weighted by atomic mass is 9.96. The Labute approximate surface area is 118 Å². The van der Waals surface area contributed by atoms with Crippen LogP contribution in [-0.4, -0.2) is 5.78 Å². The van der Waals surface area contributed by atoms with E-state index >= 15 is 0 Å². The molecule has 1 atom stereocenters. The second-order valence-corrected chi connectivity index (χ2v) is 4.96. The number of carbonyl (C=O) groups is 1. The molecule has 102 valence electrons. The molecule has 1 aliphatic rings. The quantitative estimate of drug-likeness (QED) is 0.783. The van der Waals surface area contributed by atoms with Gasteiger partial charge in [0.2, 0.25) is 0 Å². The maximum atomic E-state index is 13.2. The topological polar surface area (TPSA) is 26.3 Å². The molecular weight excluding hydrogens is 286 g/mol. The Bertz CT molecular complexity index is 700. The second kappa shape index (κ2) is 4.87. The van der Waals surface area contributed by atoms with Crippen molar-refractivity contribution in [1.29, 1.82) is 0 Å². The first-order valence-corrected chi connectivity index (χ1v) is 6.37. The molecule has 0 saturated heterocycles. The van der Waals surface area contributed by atoms with Gasteiger partial charge in [0.25, 0.3) is 0 Å². The van der Waals surface area contributed by atoms with Gasteiger partial charge < -0.3 is 4.74 Å². The van der Waals surface area contributed by atoms with E-state index in [1.165, 1.54) is 36.4 Å². The highest BCUT2D eigenvalue weighted by Gasteiger charge is 2.28. The van der Waals surface area contributed by atoms with E-state index < -0.39 is 17.7 Å². The molecule has 0 radical (unpaired) electrons. The largest absolute Gasteiger partial charge is 0.484 e. The molecule has 0 amide bonds. The summed E-state index contributed by atoms with van der Waals surface area (Å²) in [5.41, 5.74) is 0.940. The molecule has 2 nitrogen and oxygen atoms in total. The molecule has 0 bridgehead atoms. The number of benzene rings is 2. The molecule has 0 N–H and O–H groups in total. The molecule has 3 rings (SSSR count). The van der Waals surface area contributed by atoms with Crippen molar-refractivity contribution in [3.8, 4) is 5.75 Å². The summed E-state index contributed by atoms with van der Waals surface area (Å²) in [5.74, 6) is -0.957. The zero-order valence-electron chi connectivity index (χ0n) is 10.2. The number of hydrogen-bond acceptors (Lipinski definition) is 2. The second-order valence-electron chi connectivity index (χ2n) is 4.55. The summed E-state index contributed by atoms with van der Waals surface area (Å²) in [6.45, 7) is 0. The van der Waals surface area contributed by atoms with Crippen molar-refractivity contribution in [2.75, 3.05) is 0 Å². The van der Waals surface area contributed by atoms with Crippen LogP contribution in [0.3, 0.4) is 0 Å². The lowest BCUT2D eigenvalue weighted by Gasteiger charge is -2.25. The van der Waals surface area contributed by atoms with Crippen LogP contribution < -0.4 is 4.74 Å². The van der Waals surface area contributed by atoms with Gasteiger partial charge in [0.15, 0.2) is 5.78 Å². The number of fused-ring (bicyclic) bond motifs is 1. The fourth-order valence-corrected chi connectivity index (χ4v) is 2.38. The van der Waals surface area contributed by atoms with Gasteiger partial charge in [-0.1, -0.05) is 17.7 Å². The first-order chi connectivity index (χ1) is 9.54. The molecule has 2 aromatic carbocycles. The summed E-state index contributed by atoms with van der Waals surface area (Å²) in [4.78, 5) is 12.0. The van der Waals surface area contributed by atoms with Crippen molar-refractivity contribution in [2.45, 2.75) is 12.5 Å². The first kappa shape index (κ1) is 13.1. The van der Waals surface area contributed by atoms with Crippen molar-refractivity contribution in [3.05, 3.63) is 64.2 Å². The zero-order valence-corrected chi connectivity index (χ0v) is 11.0. The van der Waals surface area contributed by atoms with Gasteiger partial charge in [-0.25, -0.2) is 8.78 Å². The van der Waals surface area contributed by atoms with Gasteiger partial charge >= 0.3 is 0 Å². The van der Waals surface area contributed by atoms with Gasteiger partial charge in [0, 0.05) is 6.07 Å². The van der Waals surface area contributed by atoms with Crippen LogP contribution >= 0.6 is 11.6 Å². The molecule has 1 aliphatic heterocycles. The third-order valence-corrected chi connectivity index (χ3v) is 3.49. The number of hydrogen-bond donors (Lipinski definition) is 0. The Balaban J connectivity index is 1.98. The number of halogens is 3. The summed E-state index contributed by atoms with van der Waals surface area (Å²) >= 11 is 5.72. The van der Waals surface area contributed by atoms with Crippen molar-refractivity contribution >= 4 is 17.4 Å². The van der Waals surface area contributed by atoms with Crippen molar-refractivity contribution in [3.63, 3.8) is 0 Å². The smallest absolute Gasteiger partial charge is 0.170 e. The molecular formula is C15H9ClF2O2. The normalized spacial score (nSPS) is 17.6. The lowest BCUT2D eigenvalue weighted by Crippen LogP contribution is -2.20. The highest BCUT2D eigenvalue weighted by Crippen LogP contribution is 2.36. The molecule has 2 aromatic rings. The van der Waals surface area contributed by atoms with E-state index in [2.05, 4.69) is 0 Å². The minimum absolute atomic E-state index is 0.0383. The molecule has 0 spiro atoms. The molecule has 5 heteroatoms. The predicted molar refractivity (Wildman–Crippen MR) is 70.1 cm³/mol. The van der Waals surface area contributed by atoms with E-state index in [1.54, 1.807) is 0 Å². The highest BCUT2D eigenvalue weighted by molar-refractivity contribution is 6.30. The monoisotopic (exact) mass is 294 g/mol. The van der Waals surface area contributed by atoms with Crippen LogP contribution in [0.1, 0.15) is 28.4 Å². The van der Waals surface area contributed by atoms with Crippen LogP contribution in [0.5, 0.6) is 5.75 Å². The molecule has 1 heterocycles. The van der Waals surface area contributed by atoms with Crippen LogP contribution in [0.15, 0.2) is 36.4 Å². The van der Waals surface area contributed by atoms with E-state index in [0.29, 0.717) is 11.1 Å². The standard InChI is InChI=1S/C15H9ClF2O2/c16-11-5-8(1-4-12(11)18)14-7-13(19)10-3-2-9(17)6-15(10)20-14/h1-6,14H,7H2. The average molecular weight is 295 g/mol. The van der Waals surface area contributed by atoms with Crippen molar-refractivity contribution in [1.82, 2.24) is 0 Å². The van der Waals surface area contributed by atoms with E-state index in [9.17, 15) is 13.6 Å². The maximum Gasteiger partial charge on any atom is 0.170 e. The predicted octanol–water partition coefficient (Wildman–Crippen LogP) is 4.32. The van der Waals surface area contributed by atoms with Crippen LogP contribution in [0.4, 0.5) is 8.78 Å². The number of ketones is 1. The van der Waals surface area contributed by atoms with Crippen LogP contribution in [0.25, 0.3) is 0 Å². The molecule has 20 heavy (non-hydrogen) atoms. The van der Waals surface area contributed by atoms with E-state index in [-0.39, 0.29) is 23.0 Å². The Morgan fingerprint density at radius 3 is 2.70 bits per heavy atom. The number of ether oxygens (including phenoxy) is 1. The van der Waals surface area contributed by atoms with Crippen molar-refractivity contribution in [2.24, 2.45) is 0 Å².